The number of aliphatic hydroxyl groups excluding tert-OH is 1. The summed E-state index contributed by atoms with van der Waals surface area (Å²) in [6.07, 6.45) is 1.02. The molecule has 3 heteroatoms. The van der Waals surface area contributed by atoms with E-state index in [1.807, 2.05) is 0 Å². The minimum atomic E-state index is -0.0449. The molecule has 0 unspecified atom stereocenters. The van der Waals surface area contributed by atoms with Crippen molar-refractivity contribution in [2.24, 2.45) is 11.1 Å². The zero-order valence-corrected chi connectivity index (χ0v) is 11.4. The molecule has 3 nitrogen and oxygen atoms in total. The van der Waals surface area contributed by atoms with Crippen LogP contribution >= 0.6 is 0 Å². The van der Waals surface area contributed by atoms with Crippen molar-refractivity contribution >= 4 is 5.69 Å². The van der Waals surface area contributed by atoms with Gasteiger partial charge in [-0.2, -0.15) is 0 Å². The summed E-state index contributed by atoms with van der Waals surface area (Å²) in [5.74, 6) is 0.443. The second-order valence-electron chi connectivity index (χ2n) is 5.25. The molecule has 2 atom stereocenters. The highest BCUT2D eigenvalue weighted by molar-refractivity contribution is 5.49. The van der Waals surface area contributed by atoms with Crippen LogP contribution < -0.4 is 10.6 Å². The lowest BCUT2D eigenvalue weighted by Crippen LogP contribution is -2.22. The van der Waals surface area contributed by atoms with E-state index in [-0.39, 0.29) is 12.0 Å². The van der Waals surface area contributed by atoms with E-state index in [4.69, 9.17) is 5.73 Å². The summed E-state index contributed by atoms with van der Waals surface area (Å²) in [4.78, 5) is 2.33. The Morgan fingerprint density at radius 2 is 1.89 bits per heavy atom. The average molecular weight is 248 g/mol. The molecule has 0 radical (unpaired) electrons. The Bertz CT molecular complexity index is 380. The van der Waals surface area contributed by atoms with Gasteiger partial charge in [-0.05, 0) is 43.9 Å². The van der Waals surface area contributed by atoms with Crippen LogP contribution in [0.1, 0.15) is 31.7 Å². The summed E-state index contributed by atoms with van der Waals surface area (Å²) >= 11 is 0. The molecule has 0 saturated heterocycles. The molecule has 0 amide bonds. The van der Waals surface area contributed by atoms with Crippen molar-refractivity contribution < 1.29 is 5.11 Å². The maximum atomic E-state index is 9.42. The van der Waals surface area contributed by atoms with E-state index in [9.17, 15) is 5.11 Å². The van der Waals surface area contributed by atoms with Crippen LogP contribution in [-0.4, -0.2) is 31.3 Å². The number of nitrogens with zero attached hydrogens (tertiary/aromatic N) is 1. The van der Waals surface area contributed by atoms with Crippen molar-refractivity contribution in [3.05, 3.63) is 29.8 Å². The molecule has 0 bridgehead atoms. The second kappa shape index (κ2) is 5.29. The predicted molar refractivity (Wildman–Crippen MR) is 75.9 cm³/mol. The summed E-state index contributed by atoms with van der Waals surface area (Å²) < 4.78 is 0. The summed E-state index contributed by atoms with van der Waals surface area (Å²) in [7, 11) is 0. The Balaban J connectivity index is 2.10. The minimum Gasteiger partial charge on any atom is -0.396 e. The molecule has 100 valence electrons. The second-order valence-corrected chi connectivity index (χ2v) is 5.25. The Labute approximate surface area is 110 Å². The predicted octanol–water partition coefficient (Wildman–Crippen LogP) is 1.96. The first kappa shape index (κ1) is 13.4. The van der Waals surface area contributed by atoms with E-state index in [1.165, 1.54) is 11.3 Å². The van der Waals surface area contributed by atoms with Gasteiger partial charge in [0.1, 0.15) is 0 Å². The molecule has 1 aliphatic rings. The lowest BCUT2D eigenvalue weighted by Gasteiger charge is -2.21. The van der Waals surface area contributed by atoms with Crippen molar-refractivity contribution in [2.75, 3.05) is 31.1 Å². The minimum absolute atomic E-state index is 0.0449. The number of rotatable bonds is 6. The SMILES string of the molecule is CCN(CC)c1ccc([C@@H]2C[C@@]2(CN)CO)cc1. The molecule has 18 heavy (non-hydrogen) atoms. The van der Waals surface area contributed by atoms with Crippen molar-refractivity contribution in [1.82, 2.24) is 0 Å². The van der Waals surface area contributed by atoms with Gasteiger partial charge in [0, 0.05) is 30.7 Å². The monoisotopic (exact) mass is 248 g/mol. The Hall–Kier alpha value is -1.06. The van der Waals surface area contributed by atoms with Crippen LogP contribution in [0.5, 0.6) is 0 Å². The maximum absolute atomic E-state index is 9.42. The van der Waals surface area contributed by atoms with Gasteiger partial charge in [0.2, 0.25) is 0 Å². The highest BCUT2D eigenvalue weighted by atomic mass is 16.3. The first-order valence-corrected chi connectivity index (χ1v) is 6.86. The third kappa shape index (κ3) is 2.25. The molecule has 1 saturated carbocycles. The summed E-state index contributed by atoms with van der Waals surface area (Å²) in [6, 6.07) is 8.73. The highest BCUT2D eigenvalue weighted by Crippen LogP contribution is 2.58. The molecular formula is C15H24N2O. The van der Waals surface area contributed by atoms with Crippen molar-refractivity contribution in [3.63, 3.8) is 0 Å². The number of benzene rings is 1. The Kier molecular flexibility index (Phi) is 3.93. The van der Waals surface area contributed by atoms with E-state index in [2.05, 4.69) is 43.0 Å². The molecule has 1 aromatic carbocycles. The Morgan fingerprint density at radius 3 is 2.28 bits per heavy atom. The molecule has 0 spiro atoms. The standard InChI is InChI=1S/C15H24N2O/c1-3-17(4-2)13-7-5-12(6-8-13)14-9-15(14,10-16)11-18/h5-8,14,18H,3-4,9-11,16H2,1-2H3/t14-,15+/m0/s1. The molecule has 2 rings (SSSR count). The largest absolute Gasteiger partial charge is 0.396 e. The van der Waals surface area contributed by atoms with Crippen LogP contribution in [0.25, 0.3) is 0 Å². The zero-order valence-electron chi connectivity index (χ0n) is 11.4. The van der Waals surface area contributed by atoms with E-state index in [0.717, 1.165) is 19.5 Å². The molecule has 1 aliphatic carbocycles. The van der Waals surface area contributed by atoms with Gasteiger partial charge in [-0.3, -0.25) is 0 Å². The third-order valence-corrected chi connectivity index (χ3v) is 4.34. The summed E-state index contributed by atoms with van der Waals surface area (Å²) in [5, 5.41) is 9.42. The fourth-order valence-corrected chi connectivity index (χ4v) is 2.79. The number of nitrogens with two attached hydrogens (primary N) is 1. The Morgan fingerprint density at radius 1 is 1.28 bits per heavy atom. The van der Waals surface area contributed by atoms with Crippen LogP contribution in [-0.2, 0) is 0 Å². The van der Waals surface area contributed by atoms with Gasteiger partial charge in [0.15, 0.2) is 0 Å². The summed E-state index contributed by atoms with van der Waals surface area (Å²) in [6.45, 7) is 7.18. The van der Waals surface area contributed by atoms with Gasteiger partial charge in [0.05, 0.1) is 6.61 Å². The smallest absolute Gasteiger partial charge is 0.0505 e. The zero-order chi connectivity index (χ0) is 13.2. The fraction of sp³-hybridized carbons (Fsp3) is 0.600. The van der Waals surface area contributed by atoms with Gasteiger partial charge in [0.25, 0.3) is 0 Å². The van der Waals surface area contributed by atoms with Gasteiger partial charge < -0.3 is 15.7 Å². The van der Waals surface area contributed by atoms with Gasteiger partial charge in [-0.15, -0.1) is 0 Å². The number of hydrogen-bond donors (Lipinski definition) is 2. The van der Waals surface area contributed by atoms with Crippen LogP contribution in [0.2, 0.25) is 0 Å². The average Bonchev–Trinajstić information content (AvgIpc) is 3.16. The van der Waals surface area contributed by atoms with Gasteiger partial charge in [-0.1, -0.05) is 12.1 Å². The van der Waals surface area contributed by atoms with Crippen molar-refractivity contribution in [3.8, 4) is 0 Å². The molecule has 0 heterocycles. The number of hydrogen-bond acceptors (Lipinski definition) is 3. The summed E-state index contributed by atoms with van der Waals surface area (Å²) in [5.41, 5.74) is 8.30. The topological polar surface area (TPSA) is 49.5 Å². The molecule has 3 N–H and O–H groups in total. The van der Waals surface area contributed by atoms with E-state index < -0.39 is 0 Å². The maximum Gasteiger partial charge on any atom is 0.0505 e. The molecule has 1 fully saturated rings. The first-order valence-electron chi connectivity index (χ1n) is 6.86. The molecular weight excluding hydrogens is 224 g/mol. The highest BCUT2D eigenvalue weighted by Gasteiger charge is 2.53. The molecule has 0 aliphatic heterocycles. The van der Waals surface area contributed by atoms with Gasteiger partial charge >= 0.3 is 0 Å². The van der Waals surface area contributed by atoms with E-state index in [0.29, 0.717) is 12.5 Å². The first-order chi connectivity index (χ1) is 8.70. The fourth-order valence-electron chi connectivity index (χ4n) is 2.79. The van der Waals surface area contributed by atoms with Crippen LogP contribution in [0.15, 0.2) is 24.3 Å². The van der Waals surface area contributed by atoms with Crippen LogP contribution in [0.3, 0.4) is 0 Å². The lowest BCUT2D eigenvalue weighted by atomic mass is 10.00. The van der Waals surface area contributed by atoms with E-state index in [1.54, 1.807) is 0 Å². The quantitative estimate of drug-likeness (QED) is 0.809. The lowest BCUT2D eigenvalue weighted by molar-refractivity contribution is 0.211. The number of anilines is 1. The molecule has 0 aromatic heterocycles. The van der Waals surface area contributed by atoms with Crippen LogP contribution in [0, 0.1) is 5.41 Å². The van der Waals surface area contributed by atoms with Crippen molar-refractivity contribution in [2.45, 2.75) is 26.2 Å². The van der Waals surface area contributed by atoms with Crippen molar-refractivity contribution in [1.29, 1.82) is 0 Å². The normalized spacial score (nSPS) is 26.1. The number of aliphatic hydroxyl groups is 1. The molecule has 1 aromatic rings. The van der Waals surface area contributed by atoms with E-state index >= 15 is 0 Å². The third-order valence-electron chi connectivity index (χ3n) is 4.34. The van der Waals surface area contributed by atoms with Crippen LogP contribution in [0.4, 0.5) is 5.69 Å². The van der Waals surface area contributed by atoms with Gasteiger partial charge in [-0.25, -0.2) is 0 Å².